The van der Waals surface area contributed by atoms with Crippen molar-refractivity contribution < 1.29 is 18.3 Å². The monoisotopic (exact) mass is 445 g/mol. The number of hydrogen-bond donors (Lipinski definition) is 1. The van der Waals surface area contributed by atoms with Gasteiger partial charge in [-0.2, -0.15) is 4.52 Å². The summed E-state index contributed by atoms with van der Waals surface area (Å²) in [6, 6.07) is 17.6. The Morgan fingerprint density at radius 1 is 1.06 bits per heavy atom. The highest BCUT2D eigenvalue weighted by atomic mass is 19.1. The van der Waals surface area contributed by atoms with Crippen molar-refractivity contribution in [1.82, 2.24) is 25.1 Å². The SMILES string of the molecule is O=C(NCCOc1ccc2nnc(-c3ccc(F)cc3)n2n1)c1cc2ccccc2oc1=O. The highest BCUT2D eigenvalue weighted by Gasteiger charge is 2.14. The van der Waals surface area contributed by atoms with Crippen LogP contribution in [-0.2, 0) is 0 Å². The van der Waals surface area contributed by atoms with Crippen molar-refractivity contribution in [3.05, 3.63) is 88.5 Å². The van der Waals surface area contributed by atoms with Gasteiger partial charge in [-0.15, -0.1) is 15.3 Å². The van der Waals surface area contributed by atoms with E-state index in [9.17, 15) is 14.0 Å². The fraction of sp³-hybridized carbons (Fsp3) is 0.0870. The Bertz CT molecular complexity index is 1530. The van der Waals surface area contributed by atoms with Gasteiger partial charge in [0.25, 0.3) is 5.91 Å². The van der Waals surface area contributed by atoms with Crippen LogP contribution in [0.1, 0.15) is 10.4 Å². The quantitative estimate of drug-likeness (QED) is 0.316. The molecule has 0 aliphatic rings. The fourth-order valence-electron chi connectivity index (χ4n) is 3.26. The summed E-state index contributed by atoms with van der Waals surface area (Å²) >= 11 is 0. The van der Waals surface area contributed by atoms with Gasteiger partial charge in [0.2, 0.25) is 5.88 Å². The predicted molar refractivity (Wildman–Crippen MR) is 116 cm³/mol. The van der Waals surface area contributed by atoms with Crippen LogP contribution in [0, 0.1) is 5.82 Å². The van der Waals surface area contributed by atoms with Gasteiger partial charge >= 0.3 is 5.63 Å². The van der Waals surface area contributed by atoms with E-state index in [1.165, 1.54) is 22.7 Å². The minimum Gasteiger partial charge on any atom is -0.475 e. The first-order chi connectivity index (χ1) is 16.1. The van der Waals surface area contributed by atoms with Crippen LogP contribution in [0.15, 0.2) is 75.9 Å². The number of amides is 1. The summed E-state index contributed by atoms with van der Waals surface area (Å²) in [6.07, 6.45) is 0. The van der Waals surface area contributed by atoms with Gasteiger partial charge in [0, 0.05) is 17.0 Å². The number of carbonyl (C=O) groups excluding carboxylic acids is 1. The van der Waals surface area contributed by atoms with Crippen molar-refractivity contribution in [2.75, 3.05) is 13.2 Å². The maximum atomic E-state index is 13.2. The molecular weight excluding hydrogens is 429 g/mol. The highest BCUT2D eigenvalue weighted by molar-refractivity contribution is 5.96. The third-order valence-corrected chi connectivity index (χ3v) is 4.86. The normalized spacial score (nSPS) is 11.1. The molecule has 0 unspecified atom stereocenters. The number of carbonyl (C=O) groups is 1. The van der Waals surface area contributed by atoms with Gasteiger partial charge in [0.1, 0.15) is 23.6 Å². The molecule has 0 aliphatic heterocycles. The average molecular weight is 445 g/mol. The molecule has 0 radical (unpaired) electrons. The topological polar surface area (TPSA) is 112 Å². The number of fused-ring (bicyclic) bond motifs is 2. The molecule has 0 bridgehead atoms. The number of nitrogens with one attached hydrogen (secondary N) is 1. The number of halogens is 1. The Hall–Kier alpha value is -4.60. The molecule has 0 aliphatic carbocycles. The standard InChI is InChI=1S/C23H16FN5O4/c24-16-7-5-14(6-8-16)21-27-26-19-9-10-20(28-29(19)21)32-12-11-25-22(30)17-13-15-3-1-2-4-18(15)33-23(17)31/h1-10,13H,11-12H2,(H,25,30). The lowest BCUT2D eigenvalue weighted by Gasteiger charge is -2.08. The third-order valence-electron chi connectivity index (χ3n) is 4.86. The molecule has 5 rings (SSSR count). The highest BCUT2D eigenvalue weighted by Crippen LogP contribution is 2.19. The molecule has 33 heavy (non-hydrogen) atoms. The number of ether oxygens (including phenoxy) is 1. The van der Waals surface area contributed by atoms with E-state index < -0.39 is 11.5 Å². The minimum atomic E-state index is -0.708. The summed E-state index contributed by atoms with van der Waals surface area (Å²) in [4.78, 5) is 24.5. The predicted octanol–water partition coefficient (Wildman–Crippen LogP) is 2.85. The molecule has 0 fully saturated rings. The van der Waals surface area contributed by atoms with Gasteiger partial charge in [-0.25, -0.2) is 9.18 Å². The largest absolute Gasteiger partial charge is 0.475 e. The molecule has 3 aromatic heterocycles. The molecule has 1 N–H and O–H groups in total. The second-order valence-corrected chi connectivity index (χ2v) is 7.06. The van der Waals surface area contributed by atoms with Crippen molar-refractivity contribution in [1.29, 1.82) is 0 Å². The zero-order valence-electron chi connectivity index (χ0n) is 17.1. The van der Waals surface area contributed by atoms with Crippen LogP contribution < -0.4 is 15.7 Å². The third kappa shape index (κ3) is 4.13. The molecule has 2 aromatic carbocycles. The van der Waals surface area contributed by atoms with E-state index in [1.54, 1.807) is 48.5 Å². The van der Waals surface area contributed by atoms with Gasteiger partial charge < -0.3 is 14.5 Å². The molecular formula is C23H16FN5O4. The van der Waals surface area contributed by atoms with Gasteiger partial charge in [-0.3, -0.25) is 4.79 Å². The summed E-state index contributed by atoms with van der Waals surface area (Å²) in [7, 11) is 0. The summed E-state index contributed by atoms with van der Waals surface area (Å²) in [5.41, 5.74) is 0.771. The molecule has 0 saturated heterocycles. The van der Waals surface area contributed by atoms with Crippen LogP contribution in [0.2, 0.25) is 0 Å². The molecule has 3 heterocycles. The number of nitrogens with zero attached hydrogens (tertiary/aromatic N) is 4. The number of rotatable bonds is 6. The summed E-state index contributed by atoms with van der Waals surface area (Å²) in [5, 5.41) is 15.8. The maximum Gasteiger partial charge on any atom is 0.349 e. The Morgan fingerprint density at radius 3 is 2.73 bits per heavy atom. The van der Waals surface area contributed by atoms with E-state index in [0.29, 0.717) is 28.0 Å². The van der Waals surface area contributed by atoms with Crippen molar-refractivity contribution >= 4 is 22.5 Å². The lowest BCUT2D eigenvalue weighted by Crippen LogP contribution is -2.31. The van der Waals surface area contributed by atoms with E-state index in [0.717, 1.165) is 0 Å². The van der Waals surface area contributed by atoms with Crippen LogP contribution >= 0.6 is 0 Å². The summed E-state index contributed by atoms with van der Waals surface area (Å²) in [6.45, 7) is 0.245. The Morgan fingerprint density at radius 2 is 1.88 bits per heavy atom. The maximum absolute atomic E-state index is 13.2. The average Bonchev–Trinajstić information content (AvgIpc) is 3.25. The Labute approximate surface area is 185 Å². The molecule has 0 saturated carbocycles. The van der Waals surface area contributed by atoms with Crippen LogP contribution in [0.4, 0.5) is 4.39 Å². The Balaban J connectivity index is 1.25. The second-order valence-electron chi connectivity index (χ2n) is 7.06. The van der Waals surface area contributed by atoms with Gasteiger partial charge in [0.05, 0.1) is 6.54 Å². The van der Waals surface area contributed by atoms with Gasteiger partial charge in [-0.05, 0) is 42.5 Å². The Kier molecular flexibility index (Phi) is 5.23. The van der Waals surface area contributed by atoms with E-state index in [4.69, 9.17) is 9.15 Å². The van der Waals surface area contributed by atoms with Crippen LogP contribution in [0.3, 0.4) is 0 Å². The molecule has 0 spiro atoms. The number of hydrogen-bond acceptors (Lipinski definition) is 7. The first-order valence-corrected chi connectivity index (χ1v) is 10.0. The van der Waals surface area contributed by atoms with E-state index in [2.05, 4.69) is 20.6 Å². The van der Waals surface area contributed by atoms with Crippen LogP contribution in [0.25, 0.3) is 28.0 Å². The van der Waals surface area contributed by atoms with Crippen molar-refractivity contribution in [2.45, 2.75) is 0 Å². The van der Waals surface area contributed by atoms with E-state index in [-0.39, 0.29) is 30.4 Å². The molecule has 10 heteroatoms. The molecule has 164 valence electrons. The number of aromatic nitrogens is 4. The van der Waals surface area contributed by atoms with Gasteiger partial charge in [0.15, 0.2) is 11.5 Å². The first-order valence-electron chi connectivity index (χ1n) is 10.0. The van der Waals surface area contributed by atoms with Gasteiger partial charge in [-0.1, -0.05) is 18.2 Å². The van der Waals surface area contributed by atoms with E-state index in [1.807, 2.05) is 0 Å². The first kappa shape index (κ1) is 20.3. The number of benzene rings is 2. The van der Waals surface area contributed by atoms with Crippen molar-refractivity contribution in [2.24, 2.45) is 0 Å². The molecule has 0 atom stereocenters. The zero-order valence-corrected chi connectivity index (χ0v) is 17.1. The number of para-hydroxylation sites is 1. The molecule has 1 amide bonds. The summed E-state index contributed by atoms with van der Waals surface area (Å²) < 4.78 is 25.5. The van der Waals surface area contributed by atoms with Crippen LogP contribution in [-0.4, -0.2) is 38.9 Å². The lowest BCUT2D eigenvalue weighted by molar-refractivity contribution is 0.0943. The van der Waals surface area contributed by atoms with Crippen LogP contribution in [0.5, 0.6) is 5.88 Å². The van der Waals surface area contributed by atoms with Crippen molar-refractivity contribution in [3.8, 4) is 17.3 Å². The second kappa shape index (κ2) is 8.50. The zero-order chi connectivity index (χ0) is 22.8. The smallest absolute Gasteiger partial charge is 0.349 e. The lowest BCUT2D eigenvalue weighted by atomic mass is 10.2. The van der Waals surface area contributed by atoms with Crippen molar-refractivity contribution in [3.63, 3.8) is 0 Å². The molecule has 9 nitrogen and oxygen atoms in total. The van der Waals surface area contributed by atoms with E-state index >= 15 is 0 Å². The summed E-state index contributed by atoms with van der Waals surface area (Å²) in [5.74, 6) is -0.191. The fourth-order valence-corrected chi connectivity index (χ4v) is 3.26. The molecule has 5 aromatic rings. The minimum absolute atomic E-state index is 0.0818.